The van der Waals surface area contributed by atoms with E-state index >= 15 is 0 Å². The molecule has 0 fully saturated rings. The summed E-state index contributed by atoms with van der Waals surface area (Å²) in [6.07, 6.45) is -0.0334. The molecule has 3 rings (SSSR count). The number of nitrogens with zero attached hydrogens (tertiary/aromatic N) is 2. The van der Waals surface area contributed by atoms with Gasteiger partial charge in [0.1, 0.15) is 0 Å². The van der Waals surface area contributed by atoms with Crippen molar-refractivity contribution in [1.29, 1.82) is 0 Å². The number of benzene rings is 2. The normalized spacial score (nSPS) is 16.7. The first-order chi connectivity index (χ1) is 12.4. The molecule has 0 saturated heterocycles. The molecule has 1 heterocycles. The maximum absolute atomic E-state index is 13.0. The van der Waals surface area contributed by atoms with Gasteiger partial charge >= 0.3 is 0 Å². The number of carbonyl (C=O) groups is 1. The highest BCUT2D eigenvalue weighted by atomic mass is 16.6. The zero-order chi connectivity index (χ0) is 18.8. The van der Waals surface area contributed by atoms with Crippen LogP contribution < -0.4 is 14.4 Å². The Morgan fingerprint density at radius 2 is 2.00 bits per heavy atom. The second-order valence-electron chi connectivity index (χ2n) is 6.24. The molecule has 1 amide bonds. The number of carbonyl (C=O) groups excluding carboxylic acids is 1. The van der Waals surface area contributed by atoms with Gasteiger partial charge in [0.05, 0.1) is 18.1 Å². The summed E-state index contributed by atoms with van der Waals surface area (Å²) in [6, 6.07) is 11.8. The SMILES string of the molecule is COc1ccc([N+](=O)[O-])cc1O[C@H](C)C(=O)N1c2ccccc2C[C@@H]1C. The van der Waals surface area contributed by atoms with Crippen LogP contribution in [0.15, 0.2) is 42.5 Å². The summed E-state index contributed by atoms with van der Waals surface area (Å²) in [5.41, 5.74) is 1.88. The summed E-state index contributed by atoms with van der Waals surface area (Å²) >= 11 is 0. The van der Waals surface area contributed by atoms with Crippen LogP contribution in [0.1, 0.15) is 19.4 Å². The van der Waals surface area contributed by atoms with Gasteiger partial charge in [-0.25, -0.2) is 0 Å². The number of hydrogen-bond acceptors (Lipinski definition) is 5. The Bertz CT molecular complexity index is 852. The largest absolute Gasteiger partial charge is 0.493 e. The fourth-order valence-corrected chi connectivity index (χ4v) is 3.21. The second-order valence-corrected chi connectivity index (χ2v) is 6.24. The van der Waals surface area contributed by atoms with Crippen molar-refractivity contribution in [2.24, 2.45) is 0 Å². The van der Waals surface area contributed by atoms with Crippen LogP contribution in [0.4, 0.5) is 11.4 Å². The summed E-state index contributed by atoms with van der Waals surface area (Å²) < 4.78 is 10.9. The van der Waals surface area contributed by atoms with Crippen LogP contribution in [0, 0.1) is 10.1 Å². The molecule has 1 aliphatic heterocycles. The zero-order valence-corrected chi connectivity index (χ0v) is 14.8. The van der Waals surface area contributed by atoms with Crippen LogP contribution in [0.5, 0.6) is 11.5 Å². The van der Waals surface area contributed by atoms with Gasteiger partial charge in [-0.2, -0.15) is 0 Å². The summed E-state index contributed by atoms with van der Waals surface area (Å²) in [7, 11) is 1.44. The van der Waals surface area contributed by atoms with Crippen molar-refractivity contribution in [2.75, 3.05) is 12.0 Å². The van der Waals surface area contributed by atoms with E-state index < -0.39 is 11.0 Å². The molecule has 7 nitrogen and oxygen atoms in total. The predicted octanol–water partition coefficient (Wildman–Crippen LogP) is 3.35. The highest BCUT2D eigenvalue weighted by Gasteiger charge is 2.34. The van der Waals surface area contributed by atoms with E-state index in [0.717, 1.165) is 17.7 Å². The standard InChI is InChI=1S/C19H20N2O5/c1-12-10-14-6-4-5-7-16(14)20(12)19(22)13(2)26-18-11-15(21(23)24)8-9-17(18)25-3/h4-9,11-13H,10H2,1-3H3/t12-,13+/m0/s1. The van der Waals surface area contributed by atoms with E-state index in [1.165, 1.54) is 25.3 Å². The van der Waals surface area contributed by atoms with Crippen molar-refractivity contribution >= 4 is 17.3 Å². The van der Waals surface area contributed by atoms with E-state index in [9.17, 15) is 14.9 Å². The predicted molar refractivity (Wildman–Crippen MR) is 96.8 cm³/mol. The fourth-order valence-electron chi connectivity index (χ4n) is 3.21. The quantitative estimate of drug-likeness (QED) is 0.606. The third kappa shape index (κ3) is 3.20. The van der Waals surface area contributed by atoms with Gasteiger partial charge in [0.25, 0.3) is 11.6 Å². The smallest absolute Gasteiger partial charge is 0.273 e. The van der Waals surface area contributed by atoms with Crippen LogP contribution in [-0.2, 0) is 11.2 Å². The summed E-state index contributed by atoms with van der Waals surface area (Å²) in [5.74, 6) is 0.309. The Balaban J connectivity index is 1.84. The molecule has 26 heavy (non-hydrogen) atoms. The lowest BCUT2D eigenvalue weighted by Crippen LogP contribution is -2.43. The van der Waals surface area contributed by atoms with E-state index in [0.29, 0.717) is 5.75 Å². The minimum atomic E-state index is -0.820. The third-order valence-corrected chi connectivity index (χ3v) is 4.45. The minimum absolute atomic E-state index is 0.0259. The van der Waals surface area contributed by atoms with Gasteiger partial charge < -0.3 is 14.4 Å². The van der Waals surface area contributed by atoms with Crippen molar-refractivity contribution in [3.63, 3.8) is 0 Å². The molecule has 0 unspecified atom stereocenters. The average Bonchev–Trinajstić information content (AvgIpc) is 2.96. The minimum Gasteiger partial charge on any atom is -0.493 e. The molecule has 0 N–H and O–H groups in total. The molecular formula is C19H20N2O5. The first kappa shape index (κ1) is 17.7. The van der Waals surface area contributed by atoms with E-state index in [1.807, 2.05) is 31.2 Å². The van der Waals surface area contributed by atoms with Crippen molar-refractivity contribution < 1.29 is 19.2 Å². The molecule has 2 aromatic rings. The number of nitro benzene ring substituents is 1. The number of non-ortho nitro benzene ring substituents is 1. The molecule has 0 saturated carbocycles. The summed E-state index contributed by atoms with van der Waals surface area (Å²) in [5, 5.41) is 11.0. The van der Waals surface area contributed by atoms with Crippen LogP contribution in [-0.4, -0.2) is 30.1 Å². The second kappa shape index (κ2) is 7.03. The molecule has 7 heteroatoms. The number of methoxy groups -OCH3 is 1. The molecule has 136 valence electrons. The Morgan fingerprint density at radius 1 is 1.27 bits per heavy atom. The Kier molecular flexibility index (Phi) is 4.79. The van der Waals surface area contributed by atoms with Gasteiger partial charge in [-0.3, -0.25) is 14.9 Å². The molecular weight excluding hydrogens is 336 g/mol. The van der Waals surface area contributed by atoms with Crippen molar-refractivity contribution in [3.05, 3.63) is 58.1 Å². The lowest BCUT2D eigenvalue weighted by atomic mass is 10.1. The average molecular weight is 356 g/mol. The van der Waals surface area contributed by atoms with Crippen molar-refractivity contribution in [1.82, 2.24) is 0 Å². The van der Waals surface area contributed by atoms with E-state index in [4.69, 9.17) is 9.47 Å². The first-order valence-electron chi connectivity index (χ1n) is 8.32. The Morgan fingerprint density at radius 3 is 2.69 bits per heavy atom. The molecule has 2 atom stereocenters. The van der Waals surface area contributed by atoms with Gasteiger partial charge in [-0.05, 0) is 38.0 Å². The fraction of sp³-hybridized carbons (Fsp3) is 0.316. The zero-order valence-electron chi connectivity index (χ0n) is 14.8. The maximum atomic E-state index is 13.0. The lowest BCUT2D eigenvalue weighted by Gasteiger charge is -2.26. The van der Waals surface area contributed by atoms with Crippen LogP contribution >= 0.6 is 0 Å². The first-order valence-corrected chi connectivity index (χ1v) is 8.32. The van der Waals surface area contributed by atoms with Gasteiger partial charge in [0.2, 0.25) is 0 Å². The van der Waals surface area contributed by atoms with Gasteiger partial charge in [-0.15, -0.1) is 0 Å². The Hall–Kier alpha value is -3.09. The monoisotopic (exact) mass is 356 g/mol. The maximum Gasteiger partial charge on any atom is 0.273 e. The molecule has 0 aromatic heterocycles. The number of anilines is 1. The topological polar surface area (TPSA) is 81.9 Å². The lowest BCUT2D eigenvalue weighted by molar-refractivity contribution is -0.385. The van der Waals surface area contributed by atoms with Gasteiger partial charge in [-0.1, -0.05) is 18.2 Å². The summed E-state index contributed by atoms with van der Waals surface area (Å²) in [4.78, 5) is 25.2. The highest BCUT2D eigenvalue weighted by molar-refractivity contribution is 5.99. The van der Waals surface area contributed by atoms with Gasteiger partial charge in [0.15, 0.2) is 17.6 Å². The molecule has 0 aliphatic carbocycles. The van der Waals surface area contributed by atoms with Crippen LogP contribution in [0.25, 0.3) is 0 Å². The van der Waals surface area contributed by atoms with E-state index in [2.05, 4.69) is 0 Å². The molecule has 2 aromatic carbocycles. The molecule has 0 bridgehead atoms. The molecule has 0 radical (unpaired) electrons. The number of nitro groups is 1. The third-order valence-electron chi connectivity index (χ3n) is 4.45. The van der Waals surface area contributed by atoms with Gasteiger partial charge in [0, 0.05) is 17.8 Å². The van der Waals surface area contributed by atoms with E-state index in [1.54, 1.807) is 11.8 Å². The number of rotatable bonds is 5. The highest BCUT2D eigenvalue weighted by Crippen LogP contribution is 2.35. The van der Waals surface area contributed by atoms with Crippen LogP contribution in [0.2, 0.25) is 0 Å². The van der Waals surface area contributed by atoms with Crippen molar-refractivity contribution in [3.8, 4) is 11.5 Å². The number of hydrogen-bond donors (Lipinski definition) is 0. The molecule has 0 spiro atoms. The Labute approximate surface area is 151 Å². The number of amides is 1. The van der Waals surface area contributed by atoms with E-state index in [-0.39, 0.29) is 23.4 Å². The summed E-state index contributed by atoms with van der Waals surface area (Å²) in [6.45, 7) is 3.62. The number of fused-ring (bicyclic) bond motifs is 1. The molecule has 1 aliphatic rings. The van der Waals surface area contributed by atoms with Crippen molar-refractivity contribution in [2.45, 2.75) is 32.4 Å². The number of para-hydroxylation sites is 1. The van der Waals surface area contributed by atoms with Crippen LogP contribution in [0.3, 0.4) is 0 Å². The number of ether oxygens (including phenoxy) is 2.